The maximum absolute atomic E-state index is 14.0. The minimum atomic E-state index is -4.17. The van der Waals surface area contributed by atoms with Crippen molar-refractivity contribution in [1.82, 2.24) is 14.6 Å². The van der Waals surface area contributed by atoms with Crippen LogP contribution < -0.4 is 9.62 Å². The number of halogens is 1. The van der Waals surface area contributed by atoms with Crippen LogP contribution >= 0.6 is 0 Å². The molecule has 1 aliphatic heterocycles. The first-order valence-electron chi connectivity index (χ1n) is 9.51. The van der Waals surface area contributed by atoms with Gasteiger partial charge in [0, 0.05) is 32.4 Å². The number of hydrogen-bond acceptors (Lipinski definition) is 5. The highest BCUT2D eigenvalue weighted by molar-refractivity contribution is 7.89. The molecule has 1 amide bonds. The fraction of sp³-hybridized carbons (Fsp3) is 0.400. The number of aromatic nitrogens is 1. The summed E-state index contributed by atoms with van der Waals surface area (Å²) in [5.74, 6) is -0.599. The number of carbonyl (C=O) groups is 1. The third-order valence-electron chi connectivity index (χ3n) is 4.91. The summed E-state index contributed by atoms with van der Waals surface area (Å²) in [7, 11) is -4.17. The Morgan fingerprint density at radius 1 is 1.07 bits per heavy atom. The van der Waals surface area contributed by atoms with E-state index in [1.54, 1.807) is 24.9 Å². The smallest absolute Gasteiger partial charge is 0.244 e. The molecule has 2 heterocycles. The lowest BCUT2D eigenvalue weighted by atomic mass is 10.0. The molecule has 156 valence electrons. The van der Waals surface area contributed by atoms with Gasteiger partial charge in [0.05, 0.1) is 0 Å². The predicted octanol–water partition coefficient (Wildman–Crippen LogP) is 1.87. The Morgan fingerprint density at radius 2 is 1.72 bits per heavy atom. The Bertz CT molecular complexity index is 945. The Hall–Kier alpha value is -2.52. The van der Waals surface area contributed by atoms with Crippen molar-refractivity contribution in [3.05, 3.63) is 54.5 Å². The van der Waals surface area contributed by atoms with Gasteiger partial charge in [-0.05, 0) is 30.2 Å². The first kappa shape index (κ1) is 21.2. The van der Waals surface area contributed by atoms with Crippen molar-refractivity contribution in [2.24, 2.45) is 5.92 Å². The van der Waals surface area contributed by atoms with E-state index in [9.17, 15) is 17.6 Å². The van der Waals surface area contributed by atoms with Gasteiger partial charge in [0.25, 0.3) is 0 Å². The number of anilines is 1. The zero-order valence-corrected chi connectivity index (χ0v) is 17.3. The molecule has 1 aromatic heterocycles. The van der Waals surface area contributed by atoms with Crippen LogP contribution in [0.15, 0.2) is 53.6 Å². The maximum Gasteiger partial charge on any atom is 0.244 e. The third kappa shape index (κ3) is 4.91. The van der Waals surface area contributed by atoms with Gasteiger partial charge in [0.2, 0.25) is 15.9 Å². The number of nitrogens with zero attached hydrogens (tertiary/aromatic N) is 3. The second-order valence-electron chi connectivity index (χ2n) is 7.27. The van der Waals surface area contributed by atoms with Crippen molar-refractivity contribution in [1.29, 1.82) is 0 Å². The number of benzene rings is 1. The standard InChI is InChI=1S/C20H25FN4O3S/c1-15(2)19(23-29(27,28)17-8-4-3-7-16(17)21)20(26)25-13-11-24(12-14-25)18-9-5-6-10-22-18/h3-10,15,19,23H,11-14H2,1-2H3. The lowest BCUT2D eigenvalue weighted by Gasteiger charge is -2.37. The van der Waals surface area contributed by atoms with E-state index in [-0.39, 0.29) is 11.8 Å². The van der Waals surface area contributed by atoms with Gasteiger partial charge < -0.3 is 9.80 Å². The number of sulfonamides is 1. The van der Waals surface area contributed by atoms with E-state index in [1.807, 2.05) is 18.2 Å². The Balaban J connectivity index is 1.70. The van der Waals surface area contributed by atoms with Crippen LogP contribution in [0.2, 0.25) is 0 Å². The molecular weight excluding hydrogens is 395 g/mol. The first-order valence-corrected chi connectivity index (χ1v) is 11.0. The topological polar surface area (TPSA) is 82.6 Å². The monoisotopic (exact) mass is 420 g/mol. The van der Waals surface area contributed by atoms with Crippen molar-refractivity contribution in [3.8, 4) is 0 Å². The number of piperazine rings is 1. The first-order chi connectivity index (χ1) is 13.8. The van der Waals surface area contributed by atoms with Crippen LogP contribution in [0.25, 0.3) is 0 Å². The van der Waals surface area contributed by atoms with E-state index >= 15 is 0 Å². The molecule has 0 aliphatic carbocycles. The van der Waals surface area contributed by atoms with E-state index in [0.29, 0.717) is 26.2 Å². The van der Waals surface area contributed by atoms with Crippen molar-refractivity contribution in [3.63, 3.8) is 0 Å². The zero-order chi connectivity index (χ0) is 21.0. The average molecular weight is 421 g/mol. The quantitative estimate of drug-likeness (QED) is 0.772. The minimum absolute atomic E-state index is 0.294. The molecule has 0 saturated carbocycles. The molecular formula is C20H25FN4O3S. The number of carbonyl (C=O) groups excluding carboxylic acids is 1. The number of pyridine rings is 1. The molecule has 1 aromatic carbocycles. The summed E-state index contributed by atoms with van der Waals surface area (Å²) < 4.78 is 41.7. The number of rotatable bonds is 6. The van der Waals surface area contributed by atoms with Gasteiger partial charge in [-0.15, -0.1) is 0 Å². The number of hydrogen-bond donors (Lipinski definition) is 1. The number of nitrogens with one attached hydrogen (secondary N) is 1. The molecule has 1 aliphatic rings. The lowest BCUT2D eigenvalue weighted by molar-refractivity contribution is -0.134. The Labute approximate surface area is 170 Å². The molecule has 2 aromatic rings. The largest absolute Gasteiger partial charge is 0.353 e. The van der Waals surface area contributed by atoms with Crippen LogP contribution in [0.4, 0.5) is 10.2 Å². The van der Waals surface area contributed by atoms with Crippen molar-refractivity contribution in [2.45, 2.75) is 24.8 Å². The van der Waals surface area contributed by atoms with E-state index in [1.165, 1.54) is 18.2 Å². The normalized spacial score (nSPS) is 16.1. The molecule has 1 unspecified atom stereocenters. The summed E-state index contributed by atoms with van der Waals surface area (Å²) in [6.45, 7) is 5.65. The van der Waals surface area contributed by atoms with Gasteiger partial charge in [-0.2, -0.15) is 4.72 Å². The van der Waals surface area contributed by atoms with E-state index < -0.39 is 26.8 Å². The van der Waals surface area contributed by atoms with Crippen LogP contribution in [-0.4, -0.2) is 56.4 Å². The summed E-state index contributed by atoms with van der Waals surface area (Å²) in [6, 6.07) is 9.83. The summed E-state index contributed by atoms with van der Waals surface area (Å²) in [5, 5.41) is 0. The van der Waals surface area contributed by atoms with Crippen LogP contribution in [0, 0.1) is 11.7 Å². The molecule has 1 N–H and O–H groups in total. The highest BCUT2D eigenvalue weighted by atomic mass is 32.2. The molecule has 0 radical (unpaired) electrons. The van der Waals surface area contributed by atoms with Gasteiger partial charge in [-0.3, -0.25) is 4.79 Å². The van der Waals surface area contributed by atoms with E-state index in [2.05, 4.69) is 14.6 Å². The van der Waals surface area contributed by atoms with Crippen molar-refractivity contribution in [2.75, 3.05) is 31.1 Å². The van der Waals surface area contributed by atoms with Crippen LogP contribution in [0.1, 0.15) is 13.8 Å². The third-order valence-corrected chi connectivity index (χ3v) is 6.38. The average Bonchev–Trinajstić information content (AvgIpc) is 2.72. The van der Waals surface area contributed by atoms with Gasteiger partial charge in [-0.25, -0.2) is 17.8 Å². The van der Waals surface area contributed by atoms with Gasteiger partial charge in [0.15, 0.2) is 0 Å². The Morgan fingerprint density at radius 3 is 2.31 bits per heavy atom. The molecule has 1 saturated heterocycles. The highest BCUT2D eigenvalue weighted by Gasteiger charge is 2.34. The SMILES string of the molecule is CC(C)C(NS(=O)(=O)c1ccccc1F)C(=O)N1CCN(c2ccccn2)CC1. The minimum Gasteiger partial charge on any atom is -0.353 e. The number of amides is 1. The van der Waals surface area contributed by atoms with Crippen molar-refractivity contribution >= 4 is 21.7 Å². The summed E-state index contributed by atoms with van der Waals surface area (Å²) >= 11 is 0. The molecule has 0 spiro atoms. The molecule has 7 nitrogen and oxygen atoms in total. The van der Waals surface area contributed by atoms with E-state index in [4.69, 9.17) is 0 Å². The van der Waals surface area contributed by atoms with Gasteiger partial charge in [-0.1, -0.05) is 32.0 Å². The van der Waals surface area contributed by atoms with Crippen LogP contribution in [-0.2, 0) is 14.8 Å². The van der Waals surface area contributed by atoms with Gasteiger partial charge >= 0.3 is 0 Å². The summed E-state index contributed by atoms with van der Waals surface area (Å²) in [6.07, 6.45) is 1.72. The second-order valence-corrected chi connectivity index (χ2v) is 8.96. The van der Waals surface area contributed by atoms with Crippen LogP contribution in [0.5, 0.6) is 0 Å². The molecule has 0 bridgehead atoms. The maximum atomic E-state index is 14.0. The molecule has 1 fully saturated rings. The summed E-state index contributed by atoms with van der Waals surface area (Å²) in [5.41, 5.74) is 0. The highest BCUT2D eigenvalue weighted by Crippen LogP contribution is 2.18. The molecule has 29 heavy (non-hydrogen) atoms. The predicted molar refractivity (Wildman–Crippen MR) is 108 cm³/mol. The van der Waals surface area contributed by atoms with E-state index in [0.717, 1.165) is 11.9 Å². The molecule has 1 atom stereocenters. The zero-order valence-electron chi connectivity index (χ0n) is 16.5. The van der Waals surface area contributed by atoms with Crippen LogP contribution in [0.3, 0.4) is 0 Å². The van der Waals surface area contributed by atoms with Gasteiger partial charge in [0.1, 0.15) is 22.6 Å². The van der Waals surface area contributed by atoms with Crippen molar-refractivity contribution < 1.29 is 17.6 Å². The fourth-order valence-electron chi connectivity index (χ4n) is 3.26. The second kappa shape index (κ2) is 8.87. The molecule has 3 rings (SSSR count). The molecule has 9 heteroatoms. The lowest BCUT2D eigenvalue weighted by Crippen LogP contribution is -2.56. The fourth-order valence-corrected chi connectivity index (χ4v) is 4.68. The summed E-state index contributed by atoms with van der Waals surface area (Å²) in [4.78, 5) is 20.6. The Kier molecular flexibility index (Phi) is 6.49.